The molecule has 0 radical (unpaired) electrons. The van der Waals surface area contributed by atoms with Gasteiger partial charge in [-0.25, -0.2) is 9.97 Å². The van der Waals surface area contributed by atoms with Gasteiger partial charge in [0.1, 0.15) is 5.82 Å². The molecular weight excluding hydrogens is 260 g/mol. The fraction of sp³-hybridized carbons (Fsp3) is 0. The van der Waals surface area contributed by atoms with Crippen LogP contribution < -0.4 is 5.73 Å². The number of hydrogen-bond donors (Lipinski definition) is 1. The topological polar surface area (TPSA) is 56.7 Å². The van der Waals surface area contributed by atoms with E-state index in [2.05, 4.69) is 9.97 Å². The number of aromatic nitrogens is 3. The van der Waals surface area contributed by atoms with Gasteiger partial charge in [0.15, 0.2) is 0 Å². The molecule has 0 aliphatic carbocycles. The Balaban J connectivity index is 2.07. The summed E-state index contributed by atoms with van der Waals surface area (Å²) >= 11 is 5.90. The second-order valence-electron chi connectivity index (χ2n) is 4.10. The minimum atomic E-state index is 0.497. The lowest BCUT2D eigenvalue weighted by molar-refractivity contribution is 1.05. The number of anilines is 1. The summed E-state index contributed by atoms with van der Waals surface area (Å²) in [7, 11) is 0. The van der Waals surface area contributed by atoms with Crippen molar-refractivity contribution in [1.82, 2.24) is 14.5 Å². The third kappa shape index (κ3) is 2.30. The molecular formula is C14H11ClN4. The van der Waals surface area contributed by atoms with Crippen LogP contribution in [-0.4, -0.2) is 14.5 Å². The lowest BCUT2D eigenvalue weighted by atomic mass is 10.1. The fourth-order valence-corrected chi connectivity index (χ4v) is 2.00. The standard InChI is InChI=1S/C14H11ClN4/c15-11-3-1-10(2-4-11)13-8-17-9-19(13)12-5-6-14(16)18-7-12/h1-9H,(H2,16,18). The third-order valence-electron chi connectivity index (χ3n) is 2.83. The van der Waals surface area contributed by atoms with Gasteiger partial charge in [-0.05, 0) is 24.3 Å². The number of hydrogen-bond acceptors (Lipinski definition) is 3. The predicted molar refractivity (Wildman–Crippen MR) is 76.2 cm³/mol. The highest BCUT2D eigenvalue weighted by molar-refractivity contribution is 6.30. The number of nitrogens with zero attached hydrogens (tertiary/aromatic N) is 3. The monoisotopic (exact) mass is 270 g/mol. The van der Waals surface area contributed by atoms with Crippen LogP contribution >= 0.6 is 11.6 Å². The lowest BCUT2D eigenvalue weighted by Gasteiger charge is -2.08. The fourth-order valence-electron chi connectivity index (χ4n) is 1.88. The average Bonchev–Trinajstić information content (AvgIpc) is 2.90. The molecule has 2 N–H and O–H groups in total. The Kier molecular flexibility index (Phi) is 2.93. The molecule has 0 aliphatic rings. The summed E-state index contributed by atoms with van der Waals surface area (Å²) in [4.78, 5) is 8.28. The lowest BCUT2D eigenvalue weighted by Crippen LogP contribution is -1.97. The SMILES string of the molecule is Nc1ccc(-n2cncc2-c2ccc(Cl)cc2)cn1. The Morgan fingerprint density at radius 2 is 1.79 bits per heavy atom. The minimum absolute atomic E-state index is 0.497. The van der Waals surface area contributed by atoms with E-state index >= 15 is 0 Å². The van der Waals surface area contributed by atoms with Gasteiger partial charge in [-0.15, -0.1) is 0 Å². The van der Waals surface area contributed by atoms with E-state index in [-0.39, 0.29) is 0 Å². The second kappa shape index (κ2) is 4.74. The molecule has 4 nitrogen and oxygen atoms in total. The maximum atomic E-state index is 5.90. The molecule has 0 saturated heterocycles. The van der Waals surface area contributed by atoms with Crippen LogP contribution in [0.3, 0.4) is 0 Å². The van der Waals surface area contributed by atoms with Gasteiger partial charge in [-0.2, -0.15) is 0 Å². The quantitative estimate of drug-likeness (QED) is 0.778. The molecule has 0 bridgehead atoms. The zero-order valence-corrected chi connectivity index (χ0v) is 10.7. The number of benzene rings is 1. The van der Waals surface area contributed by atoms with Crippen molar-refractivity contribution in [2.45, 2.75) is 0 Å². The molecule has 0 amide bonds. The molecule has 0 fully saturated rings. The molecule has 0 unspecified atom stereocenters. The summed E-state index contributed by atoms with van der Waals surface area (Å²) in [6, 6.07) is 11.3. The smallest absolute Gasteiger partial charge is 0.123 e. The Labute approximate surface area is 115 Å². The van der Waals surface area contributed by atoms with Crippen molar-refractivity contribution in [2.75, 3.05) is 5.73 Å². The predicted octanol–water partition coefficient (Wildman–Crippen LogP) is 3.17. The molecule has 0 atom stereocenters. The Morgan fingerprint density at radius 1 is 1.00 bits per heavy atom. The van der Waals surface area contributed by atoms with E-state index in [9.17, 15) is 0 Å². The van der Waals surface area contributed by atoms with Gasteiger partial charge in [0, 0.05) is 10.6 Å². The maximum Gasteiger partial charge on any atom is 0.123 e. The van der Waals surface area contributed by atoms with Crippen LogP contribution in [0.2, 0.25) is 5.02 Å². The van der Waals surface area contributed by atoms with E-state index in [0.717, 1.165) is 16.9 Å². The number of nitrogens with two attached hydrogens (primary N) is 1. The largest absolute Gasteiger partial charge is 0.384 e. The molecule has 0 saturated carbocycles. The minimum Gasteiger partial charge on any atom is -0.384 e. The molecule has 94 valence electrons. The number of halogens is 1. The van der Waals surface area contributed by atoms with Crippen molar-refractivity contribution in [2.24, 2.45) is 0 Å². The van der Waals surface area contributed by atoms with Crippen LogP contribution in [-0.2, 0) is 0 Å². The van der Waals surface area contributed by atoms with Crippen molar-refractivity contribution in [3.8, 4) is 16.9 Å². The molecule has 1 aromatic carbocycles. The number of pyridine rings is 1. The molecule has 0 spiro atoms. The van der Waals surface area contributed by atoms with Crippen LogP contribution in [0.4, 0.5) is 5.82 Å². The van der Waals surface area contributed by atoms with Crippen LogP contribution in [0.15, 0.2) is 55.1 Å². The van der Waals surface area contributed by atoms with Crippen molar-refractivity contribution < 1.29 is 0 Å². The molecule has 2 heterocycles. The molecule has 0 aliphatic heterocycles. The highest BCUT2D eigenvalue weighted by atomic mass is 35.5. The summed E-state index contributed by atoms with van der Waals surface area (Å²) in [5.41, 5.74) is 8.52. The van der Waals surface area contributed by atoms with Crippen molar-refractivity contribution >= 4 is 17.4 Å². The molecule has 19 heavy (non-hydrogen) atoms. The van der Waals surface area contributed by atoms with Gasteiger partial charge in [0.05, 0.1) is 30.1 Å². The van der Waals surface area contributed by atoms with Crippen molar-refractivity contribution in [3.63, 3.8) is 0 Å². The van der Waals surface area contributed by atoms with E-state index in [1.165, 1.54) is 0 Å². The molecule has 2 aromatic heterocycles. The van der Waals surface area contributed by atoms with Crippen molar-refractivity contribution in [1.29, 1.82) is 0 Å². The molecule has 3 aromatic rings. The number of rotatable bonds is 2. The second-order valence-corrected chi connectivity index (χ2v) is 4.53. The normalized spacial score (nSPS) is 10.6. The highest BCUT2D eigenvalue weighted by Gasteiger charge is 2.07. The van der Waals surface area contributed by atoms with Crippen LogP contribution in [0.5, 0.6) is 0 Å². The van der Waals surface area contributed by atoms with Crippen LogP contribution in [0.25, 0.3) is 16.9 Å². The first-order chi connectivity index (χ1) is 9.24. The van der Waals surface area contributed by atoms with E-state index in [4.69, 9.17) is 17.3 Å². The van der Waals surface area contributed by atoms with Gasteiger partial charge < -0.3 is 5.73 Å². The highest BCUT2D eigenvalue weighted by Crippen LogP contribution is 2.24. The Hall–Kier alpha value is -2.33. The van der Waals surface area contributed by atoms with E-state index in [1.54, 1.807) is 24.8 Å². The summed E-state index contributed by atoms with van der Waals surface area (Å²) in [6.07, 6.45) is 5.27. The Bertz CT molecular complexity index is 626. The molecule has 5 heteroatoms. The molecule has 3 rings (SSSR count). The third-order valence-corrected chi connectivity index (χ3v) is 3.08. The summed E-state index contributed by atoms with van der Waals surface area (Å²) < 4.78 is 1.95. The van der Waals surface area contributed by atoms with Gasteiger partial charge in [0.25, 0.3) is 0 Å². The van der Waals surface area contributed by atoms with E-state index in [0.29, 0.717) is 10.8 Å². The summed E-state index contributed by atoms with van der Waals surface area (Å²) in [5.74, 6) is 0.497. The van der Waals surface area contributed by atoms with Gasteiger partial charge >= 0.3 is 0 Å². The van der Waals surface area contributed by atoms with Gasteiger partial charge in [-0.1, -0.05) is 23.7 Å². The van der Waals surface area contributed by atoms with Crippen molar-refractivity contribution in [3.05, 3.63) is 60.1 Å². The van der Waals surface area contributed by atoms with Crippen LogP contribution in [0.1, 0.15) is 0 Å². The first kappa shape index (κ1) is 11.7. The van der Waals surface area contributed by atoms with Gasteiger partial charge in [-0.3, -0.25) is 4.57 Å². The summed E-state index contributed by atoms with van der Waals surface area (Å²) in [6.45, 7) is 0. The average molecular weight is 271 g/mol. The summed E-state index contributed by atoms with van der Waals surface area (Å²) in [5, 5.41) is 0.712. The number of nitrogen functional groups attached to an aromatic ring is 1. The maximum absolute atomic E-state index is 5.90. The Morgan fingerprint density at radius 3 is 2.47 bits per heavy atom. The first-order valence-corrected chi connectivity index (χ1v) is 6.12. The van der Waals surface area contributed by atoms with E-state index < -0.39 is 0 Å². The van der Waals surface area contributed by atoms with Gasteiger partial charge in [0.2, 0.25) is 0 Å². The van der Waals surface area contributed by atoms with Crippen LogP contribution in [0, 0.1) is 0 Å². The zero-order valence-electron chi connectivity index (χ0n) is 9.99. The first-order valence-electron chi connectivity index (χ1n) is 5.74. The number of imidazole rings is 1. The zero-order chi connectivity index (χ0) is 13.2. The van der Waals surface area contributed by atoms with E-state index in [1.807, 2.05) is 34.9 Å².